The Hall–Kier alpha value is -0.830. The fraction of sp³-hybridized carbons (Fsp3) is 0.667. The van der Waals surface area contributed by atoms with Gasteiger partial charge in [-0.2, -0.15) is 0 Å². The van der Waals surface area contributed by atoms with Crippen LogP contribution in [0.4, 0.5) is 0 Å². The molecule has 0 radical (unpaired) electrons. The van der Waals surface area contributed by atoms with Gasteiger partial charge in [-0.3, -0.25) is 4.79 Å². The molecule has 0 aromatic carbocycles. The molecule has 3 nitrogen and oxygen atoms in total. The molecule has 0 heterocycles. The molecule has 12 heavy (non-hydrogen) atoms. The maximum absolute atomic E-state index is 10.7. The molecule has 0 aliphatic carbocycles. The average Bonchev–Trinajstić information content (AvgIpc) is 2.05. The molecule has 70 valence electrons. The molecular formula is C9H18N2O. The standard InChI is InChI=1S/C9H18N2O/c1-4-6-11-8(5-2)7(3)9(10)12/h8,11H,3-6H2,1-2H3,(H2,10,12). The zero-order valence-electron chi connectivity index (χ0n) is 7.89. The summed E-state index contributed by atoms with van der Waals surface area (Å²) in [5.41, 5.74) is 5.58. The summed E-state index contributed by atoms with van der Waals surface area (Å²) in [5, 5.41) is 3.20. The summed E-state index contributed by atoms with van der Waals surface area (Å²) in [6.45, 7) is 8.61. The Kier molecular flexibility index (Phi) is 5.37. The molecule has 0 saturated carbocycles. The third kappa shape index (κ3) is 3.53. The third-order valence-electron chi connectivity index (χ3n) is 1.79. The Labute approximate surface area is 74.0 Å². The predicted molar refractivity (Wildman–Crippen MR) is 50.7 cm³/mol. The Bertz CT molecular complexity index is 166. The second-order valence-electron chi connectivity index (χ2n) is 2.80. The minimum atomic E-state index is -0.412. The van der Waals surface area contributed by atoms with Crippen LogP contribution in [0, 0.1) is 0 Å². The van der Waals surface area contributed by atoms with Gasteiger partial charge in [-0.25, -0.2) is 0 Å². The fourth-order valence-electron chi connectivity index (χ4n) is 1.00. The summed E-state index contributed by atoms with van der Waals surface area (Å²) in [4.78, 5) is 10.7. The first kappa shape index (κ1) is 11.2. The quantitative estimate of drug-likeness (QED) is 0.579. The van der Waals surface area contributed by atoms with E-state index in [2.05, 4.69) is 18.8 Å². The molecule has 3 heteroatoms. The van der Waals surface area contributed by atoms with E-state index in [9.17, 15) is 4.79 Å². The Morgan fingerprint density at radius 2 is 2.17 bits per heavy atom. The number of carbonyl (C=O) groups excluding carboxylic acids is 1. The molecule has 0 bridgehead atoms. The summed E-state index contributed by atoms with van der Waals surface area (Å²) < 4.78 is 0. The molecule has 1 unspecified atom stereocenters. The van der Waals surface area contributed by atoms with Crippen LogP contribution in [-0.4, -0.2) is 18.5 Å². The van der Waals surface area contributed by atoms with Crippen molar-refractivity contribution in [3.63, 3.8) is 0 Å². The van der Waals surface area contributed by atoms with E-state index in [1.807, 2.05) is 6.92 Å². The lowest BCUT2D eigenvalue weighted by Crippen LogP contribution is -2.35. The number of nitrogens with two attached hydrogens (primary N) is 1. The van der Waals surface area contributed by atoms with Gasteiger partial charge in [0.1, 0.15) is 0 Å². The highest BCUT2D eigenvalue weighted by molar-refractivity contribution is 5.92. The molecule has 0 aliphatic heterocycles. The van der Waals surface area contributed by atoms with E-state index in [-0.39, 0.29) is 6.04 Å². The Morgan fingerprint density at radius 3 is 2.50 bits per heavy atom. The third-order valence-corrected chi connectivity index (χ3v) is 1.79. The van der Waals surface area contributed by atoms with Gasteiger partial charge in [-0.1, -0.05) is 20.4 Å². The van der Waals surface area contributed by atoms with E-state index in [1.54, 1.807) is 0 Å². The zero-order valence-corrected chi connectivity index (χ0v) is 7.89. The van der Waals surface area contributed by atoms with Crippen molar-refractivity contribution < 1.29 is 4.79 Å². The van der Waals surface area contributed by atoms with Crippen LogP contribution < -0.4 is 11.1 Å². The largest absolute Gasteiger partial charge is 0.366 e. The summed E-state index contributed by atoms with van der Waals surface area (Å²) in [6.07, 6.45) is 1.89. The smallest absolute Gasteiger partial charge is 0.245 e. The maximum atomic E-state index is 10.7. The van der Waals surface area contributed by atoms with Gasteiger partial charge in [0.05, 0.1) is 0 Å². The van der Waals surface area contributed by atoms with Gasteiger partial charge in [-0.15, -0.1) is 0 Å². The van der Waals surface area contributed by atoms with Crippen LogP contribution in [0.15, 0.2) is 12.2 Å². The van der Waals surface area contributed by atoms with Crippen LogP contribution >= 0.6 is 0 Å². The lowest BCUT2D eigenvalue weighted by molar-refractivity contribution is -0.114. The number of amides is 1. The van der Waals surface area contributed by atoms with Crippen LogP contribution in [0.1, 0.15) is 26.7 Å². The second kappa shape index (κ2) is 5.77. The van der Waals surface area contributed by atoms with Crippen LogP contribution in [0.3, 0.4) is 0 Å². The van der Waals surface area contributed by atoms with Crippen molar-refractivity contribution in [1.29, 1.82) is 0 Å². The van der Waals surface area contributed by atoms with Crippen LogP contribution in [0.5, 0.6) is 0 Å². The summed E-state index contributed by atoms with van der Waals surface area (Å²) >= 11 is 0. The number of hydrogen-bond donors (Lipinski definition) is 2. The number of primary amides is 1. The lowest BCUT2D eigenvalue weighted by atomic mass is 10.1. The second-order valence-corrected chi connectivity index (χ2v) is 2.80. The highest BCUT2D eigenvalue weighted by Gasteiger charge is 2.12. The fourth-order valence-corrected chi connectivity index (χ4v) is 1.00. The number of rotatable bonds is 6. The first-order chi connectivity index (χ1) is 5.63. The van der Waals surface area contributed by atoms with Gasteiger partial charge < -0.3 is 11.1 Å². The molecule has 0 aromatic heterocycles. The van der Waals surface area contributed by atoms with E-state index in [1.165, 1.54) is 0 Å². The lowest BCUT2D eigenvalue weighted by Gasteiger charge is -2.16. The van der Waals surface area contributed by atoms with Crippen molar-refractivity contribution in [2.45, 2.75) is 32.7 Å². The van der Waals surface area contributed by atoms with Gasteiger partial charge in [0.2, 0.25) is 5.91 Å². The Balaban J connectivity index is 3.96. The van der Waals surface area contributed by atoms with E-state index in [0.29, 0.717) is 5.57 Å². The minimum absolute atomic E-state index is 0.0439. The highest BCUT2D eigenvalue weighted by Crippen LogP contribution is 2.02. The topological polar surface area (TPSA) is 55.1 Å². The van der Waals surface area contributed by atoms with Gasteiger partial charge in [-0.05, 0) is 19.4 Å². The van der Waals surface area contributed by atoms with E-state index in [4.69, 9.17) is 5.73 Å². The predicted octanol–water partition coefficient (Wildman–Crippen LogP) is 0.806. The van der Waals surface area contributed by atoms with E-state index < -0.39 is 5.91 Å². The Morgan fingerprint density at radius 1 is 1.58 bits per heavy atom. The van der Waals surface area contributed by atoms with Crippen molar-refractivity contribution >= 4 is 5.91 Å². The number of carbonyl (C=O) groups is 1. The maximum Gasteiger partial charge on any atom is 0.245 e. The molecule has 0 rings (SSSR count). The molecule has 0 spiro atoms. The molecule has 1 atom stereocenters. The van der Waals surface area contributed by atoms with Crippen LogP contribution in [0.2, 0.25) is 0 Å². The summed E-state index contributed by atoms with van der Waals surface area (Å²) in [5.74, 6) is -0.412. The number of nitrogens with one attached hydrogen (secondary N) is 1. The molecule has 1 amide bonds. The van der Waals surface area contributed by atoms with Crippen molar-refractivity contribution in [3.8, 4) is 0 Å². The molecular weight excluding hydrogens is 152 g/mol. The molecule has 0 aromatic rings. The zero-order chi connectivity index (χ0) is 9.56. The van der Waals surface area contributed by atoms with Crippen molar-refractivity contribution in [3.05, 3.63) is 12.2 Å². The van der Waals surface area contributed by atoms with Crippen molar-refractivity contribution in [2.75, 3.05) is 6.54 Å². The average molecular weight is 170 g/mol. The van der Waals surface area contributed by atoms with Crippen LogP contribution in [-0.2, 0) is 4.79 Å². The first-order valence-electron chi connectivity index (χ1n) is 4.35. The SMILES string of the molecule is C=C(C(N)=O)C(CC)NCCC. The van der Waals surface area contributed by atoms with Crippen molar-refractivity contribution in [2.24, 2.45) is 5.73 Å². The van der Waals surface area contributed by atoms with Gasteiger partial charge in [0, 0.05) is 11.6 Å². The van der Waals surface area contributed by atoms with Gasteiger partial charge in [0.15, 0.2) is 0 Å². The molecule has 0 aliphatic rings. The summed E-state index contributed by atoms with van der Waals surface area (Å²) in [6, 6.07) is 0.0439. The van der Waals surface area contributed by atoms with Crippen LogP contribution in [0.25, 0.3) is 0 Å². The molecule has 0 fully saturated rings. The van der Waals surface area contributed by atoms with Gasteiger partial charge >= 0.3 is 0 Å². The first-order valence-corrected chi connectivity index (χ1v) is 4.35. The minimum Gasteiger partial charge on any atom is -0.366 e. The van der Waals surface area contributed by atoms with Crippen molar-refractivity contribution in [1.82, 2.24) is 5.32 Å². The number of hydrogen-bond acceptors (Lipinski definition) is 2. The molecule has 3 N–H and O–H groups in total. The van der Waals surface area contributed by atoms with E-state index >= 15 is 0 Å². The summed E-state index contributed by atoms with van der Waals surface area (Å²) in [7, 11) is 0. The normalized spacial score (nSPS) is 12.5. The monoisotopic (exact) mass is 170 g/mol. The highest BCUT2D eigenvalue weighted by atomic mass is 16.1. The molecule has 0 saturated heterocycles. The van der Waals surface area contributed by atoms with Gasteiger partial charge in [0.25, 0.3) is 0 Å². The van der Waals surface area contributed by atoms with E-state index in [0.717, 1.165) is 19.4 Å².